The maximum absolute atomic E-state index is 11.0. The molecule has 4 nitrogen and oxygen atoms in total. The number of nitrogens with zero attached hydrogens (tertiary/aromatic N) is 1. The number of aromatic nitrogens is 1. The molecule has 3 rings (SSSR count). The fraction of sp³-hybridized carbons (Fsp3) is 0.0625. The third-order valence-electron chi connectivity index (χ3n) is 3.29. The lowest BCUT2D eigenvalue weighted by Gasteiger charge is -2.06. The van der Waals surface area contributed by atoms with Crippen LogP contribution in [0.5, 0.6) is 0 Å². The molecule has 0 amide bonds. The van der Waals surface area contributed by atoms with E-state index in [0.29, 0.717) is 22.6 Å². The topological polar surface area (TPSA) is 67.0 Å². The first-order valence-corrected chi connectivity index (χ1v) is 6.19. The molecule has 4 heteroatoms. The van der Waals surface area contributed by atoms with Crippen molar-refractivity contribution in [3.63, 3.8) is 0 Å². The molecule has 0 aliphatic carbocycles. The molecule has 0 bridgehead atoms. The summed E-state index contributed by atoms with van der Waals surface area (Å²) in [5.74, 6) is 0.468. The van der Waals surface area contributed by atoms with Gasteiger partial charge in [-0.1, -0.05) is 12.1 Å². The first-order valence-electron chi connectivity index (χ1n) is 6.19. The van der Waals surface area contributed by atoms with Gasteiger partial charge in [-0.2, -0.15) is 0 Å². The summed E-state index contributed by atoms with van der Waals surface area (Å²) >= 11 is 0. The molecule has 0 saturated heterocycles. The number of nitrogens with one attached hydrogen (secondary N) is 1. The third-order valence-corrected chi connectivity index (χ3v) is 3.29. The molecule has 2 aromatic carbocycles. The van der Waals surface area contributed by atoms with Crippen molar-refractivity contribution >= 4 is 23.6 Å². The van der Waals surface area contributed by atoms with E-state index in [1.54, 1.807) is 12.1 Å². The number of aldehydes is 1. The van der Waals surface area contributed by atoms with Crippen LogP contribution in [0.2, 0.25) is 0 Å². The van der Waals surface area contributed by atoms with Crippen molar-refractivity contribution in [2.45, 2.75) is 6.92 Å². The monoisotopic (exact) mass is 264 g/mol. The van der Waals surface area contributed by atoms with Crippen molar-refractivity contribution in [1.82, 2.24) is 4.98 Å². The number of fused-ring (bicyclic) bond motifs is 1. The summed E-state index contributed by atoms with van der Waals surface area (Å²) in [6, 6.07) is 10.9. The molecule has 20 heavy (non-hydrogen) atoms. The van der Waals surface area contributed by atoms with Crippen molar-refractivity contribution in [2.24, 2.45) is 0 Å². The molecule has 0 radical (unpaired) electrons. The average molecular weight is 264 g/mol. The van der Waals surface area contributed by atoms with E-state index in [2.05, 4.69) is 4.98 Å². The number of para-hydroxylation sites is 2. The van der Waals surface area contributed by atoms with E-state index >= 15 is 0 Å². The molecule has 1 aromatic heterocycles. The molecule has 1 N–H and O–H groups in total. The lowest BCUT2D eigenvalue weighted by Crippen LogP contribution is -1.94. The number of benzene rings is 2. The van der Waals surface area contributed by atoms with Gasteiger partial charge in [0.15, 0.2) is 5.58 Å². The minimum absolute atomic E-state index is 0.468. The molecule has 0 saturated carbocycles. The van der Waals surface area contributed by atoms with Crippen molar-refractivity contribution in [3.05, 3.63) is 53.1 Å². The molecule has 0 aliphatic heterocycles. The highest BCUT2D eigenvalue weighted by Gasteiger charge is 2.13. The molecular weight excluding hydrogens is 252 g/mol. The maximum atomic E-state index is 11.0. The Balaban J connectivity index is 2.27. The summed E-state index contributed by atoms with van der Waals surface area (Å²) in [5, 5.41) is 7.43. The third kappa shape index (κ3) is 1.91. The largest absolute Gasteiger partial charge is 0.436 e. The quantitative estimate of drug-likeness (QED) is 0.580. The van der Waals surface area contributed by atoms with Gasteiger partial charge in [-0.15, -0.1) is 0 Å². The van der Waals surface area contributed by atoms with Crippen LogP contribution in [0, 0.1) is 12.3 Å². The minimum atomic E-state index is 0.468. The van der Waals surface area contributed by atoms with Crippen LogP contribution in [-0.4, -0.2) is 17.5 Å². The van der Waals surface area contributed by atoms with E-state index in [4.69, 9.17) is 9.83 Å². The molecule has 0 atom stereocenters. The van der Waals surface area contributed by atoms with Gasteiger partial charge in [0.25, 0.3) is 0 Å². The zero-order valence-electron chi connectivity index (χ0n) is 10.9. The molecule has 0 unspecified atom stereocenters. The molecule has 98 valence electrons. The van der Waals surface area contributed by atoms with Crippen LogP contribution < -0.4 is 0 Å². The van der Waals surface area contributed by atoms with Crippen LogP contribution >= 0.6 is 0 Å². The number of hydrogen-bond donors (Lipinski definition) is 1. The predicted octanol–water partition coefficient (Wildman–Crippen LogP) is 3.61. The Hall–Kier alpha value is -2.75. The zero-order valence-corrected chi connectivity index (χ0v) is 10.9. The lowest BCUT2D eigenvalue weighted by atomic mass is 9.99. The van der Waals surface area contributed by atoms with Crippen molar-refractivity contribution < 1.29 is 9.21 Å². The van der Waals surface area contributed by atoms with Gasteiger partial charge in [-0.3, -0.25) is 4.79 Å². The van der Waals surface area contributed by atoms with E-state index in [1.807, 2.05) is 31.2 Å². The minimum Gasteiger partial charge on any atom is -0.436 e. The van der Waals surface area contributed by atoms with Crippen molar-refractivity contribution in [3.8, 4) is 11.5 Å². The molecular formula is C16H12N2O2. The second kappa shape index (κ2) is 4.74. The van der Waals surface area contributed by atoms with Crippen LogP contribution in [0.3, 0.4) is 0 Å². The first kappa shape index (κ1) is 12.3. The fourth-order valence-corrected chi connectivity index (χ4v) is 2.19. The standard InChI is InChI=1S/C16H12N2O2/c1-10-12(8-17)6-11(9-19)7-13(10)16-18-14-4-2-3-5-15(14)20-16/h2-9,17H,1H3. The van der Waals surface area contributed by atoms with E-state index in [9.17, 15) is 4.79 Å². The lowest BCUT2D eigenvalue weighted by molar-refractivity contribution is 0.112. The second-order valence-electron chi connectivity index (χ2n) is 4.53. The van der Waals surface area contributed by atoms with Gasteiger partial charge in [0.1, 0.15) is 11.8 Å². The Kier molecular flexibility index (Phi) is 2.91. The number of carbonyl (C=O) groups is 1. The Morgan fingerprint density at radius 2 is 2.05 bits per heavy atom. The summed E-state index contributed by atoms with van der Waals surface area (Å²) in [7, 11) is 0. The van der Waals surface area contributed by atoms with Crippen LogP contribution in [-0.2, 0) is 0 Å². The van der Waals surface area contributed by atoms with Gasteiger partial charge in [-0.25, -0.2) is 4.98 Å². The molecule has 0 spiro atoms. The predicted molar refractivity (Wildman–Crippen MR) is 77.5 cm³/mol. The highest BCUT2D eigenvalue weighted by molar-refractivity contribution is 5.89. The highest BCUT2D eigenvalue weighted by Crippen LogP contribution is 2.28. The summed E-state index contributed by atoms with van der Waals surface area (Å²) in [6.07, 6.45) is 1.99. The number of rotatable bonds is 3. The van der Waals surface area contributed by atoms with Crippen LogP contribution in [0.4, 0.5) is 0 Å². The summed E-state index contributed by atoms with van der Waals surface area (Å²) < 4.78 is 5.73. The molecule has 3 aromatic rings. The van der Waals surface area contributed by atoms with Gasteiger partial charge in [0.2, 0.25) is 5.89 Å². The molecule has 0 aliphatic rings. The number of carbonyl (C=O) groups excluding carboxylic acids is 1. The van der Waals surface area contributed by atoms with Crippen LogP contribution in [0.1, 0.15) is 21.5 Å². The SMILES string of the molecule is Cc1c(C=N)cc(C=O)cc1-c1nc2ccccc2o1. The maximum Gasteiger partial charge on any atom is 0.227 e. The van der Waals surface area contributed by atoms with Crippen LogP contribution in [0.25, 0.3) is 22.6 Å². The van der Waals surface area contributed by atoms with E-state index in [-0.39, 0.29) is 0 Å². The Bertz CT molecular complexity index is 785. The highest BCUT2D eigenvalue weighted by atomic mass is 16.3. The van der Waals surface area contributed by atoms with E-state index in [1.165, 1.54) is 6.21 Å². The zero-order chi connectivity index (χ0) is 14.1. The first-order chi connectivity index (χ1) is 9.72. The number of oxazole rings is 1. The molecule has 1 heterocycles. The van der Waals surface area contributed by atoms with Crippen molar-refractivity contribution in [1.29, 1.82) is 5.41 Å². The Labute approximate surface area is 115 Å². The summed E-state index contributed by atoms with van der Waals surface area (Å²) in [5.41, 5.74) is 4.28. The summed E-state index contributed by atoms with van der Waals surface area (Å²) in [4.78, 5) is 15.5. The van der Waals surface area contributed by atoms with Gasteiger partial charge < -0.3 is 9.83 Å². The second-order valence-corrected chi connectivity index (χ2v) is 4.53. The summed E-state index contributed by atoms with van der Waals surface area (Å²) in [6.45, 7) is 1.89. The fourth-order valence-electron chi connectivity index (χ4n) is 2.19. The Morgan fingerprint density at radius 1 is 1.25 bits per heavy atom. The van der Waals surface area contributed by atoms with Gasteiger partial charge in [-0.05, 0) is 42.3 Å². The van der Waals surface area contributed by atoms with E-state index in [0.717, 1.165) is 22.9 Å². The van der Waals surface area contributed by atoms with Crippen LogP contribution in [0.15, 0.2) is 40.8 Å². The van der Waals surface area contributed by atoms with Gasteiger partial charge in [0.05, 0.1) is 0 Å². The normalized spacial score (nSPS) is 10.7. The van der Waals surface area contributed by atoms with Gasteiger partial charge in [0, 0.05) is 17.3 Å². The van der Waals surface area contributed by atoms with Crippen molar-refractivity contribution in [2.75, 3.05) is 0 Å². The Morgan fingerprint density at radius 3 is 2.75 bits per heavy atom. The smallest absolute Gasteiger partial charge is 0.227 e. The average Bonchev–Trinajstić information content (AvgIpc) is 2.91. The van der Waals surface area contributed by atoms with E-state index < -0.39 is 0 Å². The van der Waals surface area contributed by atoms with Gasteiger partial charge >= 0.3 is 0 Å². The number of hydrogen-bond acceptors (Lipinski definition) is 4. The molecule has 0 fully saturated rings.